The quantitative estimate of drug-likeness (QED) is 0.240. The van der Waals surface area contributed by atoms with E-state index in [1.807, 2.05) is 40.7 Å². The van der Waals surface area contributed by atoms with Crippen molar-refractivity contribution in [3.63, 3.8) is 0 Å². The molecule has 1 unspecified atom stereocenters. The molecule has 10 heteroatoms. The molecule has 2 aliphatic rings. The first kappa shape index (κ1) is 29.4. The normalized spacial score (nSPS) is 14.3. The van der Waals surface area contributed by atoms with Crippen molar-refractivity contribution in [2.45, 2.75) is 60.3 Å². The van der Waals surface area contributed by atoms with Gasteiger partial charge in [0.25, 0.3) is 5.56 Å². The van der Waals surface area contributed by atoms with Gasteiger partial charge in [-0.25, -0.2) is 14.6 Å². The van der Waals surface area contributed by atoms with Crippen LogP contribution in [0.25, 0.3) is 22.3 Å². The maximum atomic E-state index is 13.2. The van der Waals surface area contributed by atoms with Crippen LogP contribution in [-0.4, -0.2) is 38.4 Å². The fourth-order valence-corrected chi connectivity index (χ4v) is 4.90. The molecule has 6 rings (SSSR count). The molecular formula is C31H33N3O7. The van der Waals surface area contributed by atoms with Crippen molar-refractivity contribution in [2.24, 2.45) is 0 Å². The summed E-state index contributed by atoms with van der Waals surface area (Å²) in [5.41, 5.74) is 4.39. The molecule has 5 heterocycles. The van der Waals surface area contributed by atoms with E-state index in [4.69, 9.17) is 19.2 Å². The molecule has 1 aromatic carbocycles. The number of cyclic esters (lactones) is 1. The Morgan fingerprint density at radius 3 is 2.61 bits per heavy atom. The summed E-state index contributed by atoms with van der Waals surface area (Å²) >= 11 is 0. The number of esters is 2. The number of carbonyl (C=O) groups is 2. The van der Waals surface area contributed by atoms with Crippen molar-refractivity contribution in [1.29, 1.82) is 0 Å². The minimum absolute atomic E-state index is 0.164. The molecule has 10 nitrogen and oxygen atoms in total. The molecular weight excluding hydrogens is 526 g/mol. The largest absolute Gasteiger partial charge is 0.458 e. The highest BCUT2D eigenvalue weighted by Crippen LogP contribution is 2.38. The molecule has 0 amide bonds. The van der Waals surface area contributed by atoms with Crippen LogP contribution in [0.15, 0.2) is 53.6 Å². The second-order valence-corrected chi connectivity index (χ2v) is 8.75. The zero-order valence-electron chi connectivity index (χ0n) is 23.8. The van der Waals surface area contributed by atoms with Gasteiger partial charge < -0.3 is 23.9 Å². The zero-order valence-corrected chi connectivity index (χ0v) is 23.8. The Kier molecular flexibility index (Phi) is 9.14. The Hall–Kier alpha value is -4.57. The number of hydrogen-bond acceptors (Lipinski definition) is 9. The van der Waals surface area contributed by atoms with Gasteiger partial charge in [-0.05, 0) is 48.4 Å². The highest BCUT2D eigenvalue weighted by molar-refractivity contribution is 5.90. The van der Waals surface area contributed by atoms with Gasteiger partial charge in [0.1, 0.15) is 12.4 Å². The fraction of sp³-hybridized carbons (Fsp3) is 0.323. The highest BCUT2D eigenvalue weighted by Gasteiger charge is 2.34. The van der Waals surface area contributed by atoms with Crippen molar-refractivity contribution in [3.8, 4) is 17.1 Å². The third-order valence-corrected chi connectivity index (χ3v) is 6.71. The number of aliphatic hydroxyl groups excluding tert-OH is 1. The molecule has 0 spiro atoms. The van der Waals surface area contributed by atoms with E-state index in [9.17, 15) is 19.5 Å². The van der Waals surface area contributed by atoms with Gasteiger partial charge >= 0.3 is 11.9 Å². The van der Waals surface area contributed by atoms with E-state index in [0.29, 0.717) is 41.2 Å². The van der Waals surface area contributed by atoms with E-state index >= 15 is 0 Å². The van der Waals surface area contributed by atoms with Crippen molar-refractivity contribution in [3.05, 3.63) is 87.0 Å². The maximum absolute atomic E-state index is 13.2. The molecule has 0 aliphatic carbocycles. The van der Waals surface area contributed by atoms with Crippen LogP contribution < -0.4 is 10.3 Å². The number of hydrogen-bond donors (Lipinski definition) is 1. The predicted octanol–water partition coefficient (Wildman–Crippen LogP) is 4.72. The zero-order chi connectivity index (χ0) is 29.7. The number of rotatable bonds is 5. The summed E-state index contributed by atoms with van der Waals surface area (Å²) in [6.07, 6.45) is 2.17. The summed E-state index contributed by atoms with van der Waals surface area (Å²) in [7, 11) is 0. The first-order chi connectivity index (χ1) is 20.0. The summed E-state index contributed by atoms with van der Waals surface area (Å²) in [5.74, 6) is -0.801. The molecule has 214 valence electrons. The molecule has 0 saturated carbocycles. The minimum Gasteiger partial charge on any atom is -0.458 e. The lowest BCUT2D eigenvalue weighted by atomic mass is 9.97. The fourth-order valence-electron chi connectivity index (χ4n) is 4.90. The lowest BCUT2D eigenvalue weighted by Gasteiger charge is -2.21. The van der Waals surface area contributed by atoms with E-state index in [0.717, 1.165) is 16.5 Å². The van der Waals surface area contributed by atoms with Crippen molar-refractivity contribution in [1.82, 2.24) is 14.5 Å². The molecule has 0 saturated heterocycles. The average Bonchev–Trinajstić information content (AvgIpc) is 3.39. The lowest BCUT2D eigenvalue weighted by Crippen LogP contribution is -2.32. The van der Waals surface area contributed by atoms with Gasteiger partial charge in [0.15, 0.2) is 6.10 Å². The number of aryl methyl sites for hydroxylation is 1. The highest BCUT2D eigenvalue weighted by atomic mass is 16.7. The topological polar surface area (TPSA) is 130 Å². The first-order valence-electron chi connectivity index (χ1n) is 13.7. The summed E-state index contributed by atoms with van der Waals surface area (Å²) in [6.45, 7) is 9.91. The van der Waals surface area contributed by atoms with Gasteiger partial charge in [0, 0.05) is 28.9 Å². The Bertz CT molecular complexity index is 1650. The number of benzene rings is 1. The predicted molar refractivity (Wildman–Crippen MR) is 153 cm³/mol. The smallest absolute Gasteiger partial charge is 0.342 e. The number of pyridine rings is 3. The number of aliphatic hydroxyl groups is 1. The Labute approximate surface area is 237 Å². The van der Waals surface area contributed by atoms with E-state index in [1.54, 1.807) is 41.1 Å². The van der Waals surface area contributed by atoms with Crippen LogP contribution in [0.1, 0.15) is 73.3 Å². The van der Waals surface area contributed by atoms with Crippen LogP contribution in [0, 0.1) is 0 Å². The number of ether oxygens (including phenoxy) is 3. The van der Waals surface area contributed by atoms with Crippen LogP contribution in [-0.2, 0) is 33.8 Å². The Balaban J connectivity index is 0.000000929. The van der Waals surface area contributed by atoms with Gasteiger partial charge in [0.05, 0.1) is 34.6 Å². The lowest BCUT2D eigenvalue weighted by molar-refractivity contribution is -0.157. The Morgan fingerprint density at radius 1 is 1.12 bits per heavy atom. The standard InChI is InChI=1S/C27H21N3O7.2C2H6/c1-2-16-17-8-15(36-13-37-26(33)14-4-3-7-28-10-14)5-6-21(17)29-23-19(16)11-30-22(23)9-18-20(25(30)32)12-35-27(34)24(18)31;2*1-2/h3-10,24,31H,2,11-13H2,1H3;2*1-2H3. The molecule has 0 radical (unpaired) electrons. The van der Waals surface area contributed by atoms with E-state index in [2.05, 4.69) is 4.98 Å². The van der Waals surface area contributed by atoms with Crippen molar-refractivity contribution in [2.75, 3.05) is 6.79 Å². The average molecular weight is 560 g/mol. The van der Waals surface area contributed by atoms with E-state index < -0.39 is 18.0 Å². The molecule has 1 atom stereocenters. The van der Waals surface area contributed by atoms with Gasteiger partial charge in [-0.2, -0.15) is 0 Å². The molecule has 1 N–H and O–H groups in total. The molecule has 4 aromatic rings. The SMILES string of the molecule is CC.CC.CCc1c2c(nc3ccc(OCOC(=O)c4cccnc4)cc13)-c1cc3c(c(=O)n1C2)COC(=O)C3O. The second kappa shape index (κ2) is 12.7. The van der Waals surface area contributed by atoms with Gasteiger partial charge in [-0.15, -0.1) is 0 Å². The molecule has 3 aromatic heterocycles. The molecule has 0 fully saturated rings. The Morgan fingerprint density at radius 2 is 1.90 bits per heavy atom. The summed E-state index contributed by atoms with van der Waals surface area (Å²) in [4.78, 5) is 45.9. The van der Waals surface area contributed by atoms with Crippen LogP contribution >= 0.6 is 0 Å². The minimum atomic E-state index is -1.50. The monoisotopic (exact) mass is 559 g/mol. The summed E-state index contributed by atoms with van der Waals surface area (Å²) in [5, 5.41) is 11.2. The van der Waals surface area contributed by atoms with Crippen LogP contribution in [0.4, 0.5) is 0 Å². The molecule has 0 bridgehead atoms. The summed E-state index contributed by atoms with van der Waals surface area (Å²) in [6, 6.07) is 10.3. The summed E-state index contributed by atoms with van der Waals surface area (Å²) < 4.78 is 17.4. The van der Waals surface area contributed by atoms with Gasteiger partial charge in [-0.1, -0.05) is 34.6 Å². The van der Waals surface area contributed by atoms with Crippen molar-refractivity contribution >= 4 is 22.8 Å². The second-order valence-electron chi connectivity index (χ2n) is 8.75. The van der Waals surface area contributed by atoms with Gasteiger partial charge in [-0.3, -0.25) is 9.78 Å². The maximum Gasteiger partial charge on any atom is 0.342 e. The molecule has 2 aliphatic heterocycles. The number of fused-ring (bicyclic) bond motifs is 5. The first-order valence-corrected chi connectivity index (χ1v) is 13.7. The van der Waals surface area contributed by atoms with Crippen LogP contribution in [0.5, 0.6) is 5.75 Å². The third kappa shape index (κ3) is 5.43. The van der Waals surface area contributed by atoms with E-state index in [-0.39, 0.29) is 30.1 Å². The number of nitrogens with zero attached hydrogens (tertiary/aromatic N) is 3. The third-order valence-electron chi connectivity index (χ3n) is 6.71. The molecule has 41 heavy (non-hydrogen) atoms. The van der Waals surface area contributed by atoms with Crippen molar-refractivity contribution < 1.29 is 28.9 Å². The van der Waals surface area contributed by atoms with Crippen LogP contribution in [0.3, 0.4) is 0 Å². The number of aromatic nitrogens is 3. The number of carbonyl (C=O) groups excluding carboxylic acids is 2. The van der Waals surface area contributed by atoms with E-state index in [1.165, 1.54) is 6.20 Å². The van der Waals surface area contributed by atoms with Crippen LogP contribution in [0.2, 0.25) is 0 Å². The van der Waals surface area contributed by atoms with Gasteiger partial charge in [0.2, 0.25) is 6.79 Å².